The molecule has 3 rings (SSSR count). The predicted molar refractivity (Wildman–Crippen MR) is 76.2 cm³/mol. The fourth-order valence-electron chi connectivity index (χ4n) is 2.87. The van der Waals surface area contributed by atoms with Crippen molar-refractivity contribution < 1.29 is 4.79 Å². The number of alkyl halides is 1. The van der Waals surface area contributed by atoms with Crippen LogP contribution in [-0.4, -0.2) is 27.2 Å². The Balaban J connectivity index is 1.96. The number of carbonyl (C=O) groups is 1. The average Bonchev–Trinajstić information content (AvgIpc) is 2.64. The van der Waals surface area contributed by atoms with Crippen LogP contribution in [0.25, 0.3) is 0 Å². The van der Waals surface area contributed by atoms with E-state index in [1.165, 1.54) is 0 Å². The molecule has 0 N–H and O–H groups in total. The molecule has 2 unspecified atom stereocenters. The molecule has 4 heteroatoms. The van der Waals surface area contributed by atoms with Gasteiger partial charge in [0, 0.05) is 5.56 Å². The van der Waals surface area contributed by atoms with Crippen molar-refractivity contribution in [1.29, 1.82) is 0 Å². The molecule has 1 fully saturated rings. The molecule has 1 amide bonds. The Bertz CT molecular complexity index is 481. The first-order chi connectivity index (χ1) is 8.70. The number of carbonyl (C=O) groups excluding carboxylic acids is 1. The molecule has 2 aliphatic rings. The van der Waals surface area contributed by atoms with Crippen LogP contribution >= 0.6 is 23.8 Å². The minimum Gasteiger partial charge on any atom is -0.294 e. The van der Waals surface area contributed by atoms with E-state index in [2.05, 4.69) is 0 Å². The van der Waals surface area contributed by atoms with Gasteiger partial charge in [0.05, 0.1) is 17.0 Å². The number of amides is 1. The van der Waals surface area contributed by atoms with Crippen LogP contribution in [0.15, 0.2) is 24.3 Å². The number of nitrogens with zero attached hydrogens (tertiary/aromatic N) is 1. The topological polar surface area (TPSA) is 20.3 Å². The largest absolute Gasteiger partial charge is 0.294 e. The molecule has 0 aromatic heterocycles. The van der Waals surface area contributed by atoms with Crippen molar-refractivity contribution in [2.45, 2.75) is 37.1 Å². The molecule has 0 spiro atoms. The van der Waals surface area contributed by atoms with E-state index < -0.39 is 0 Å². The zero-order valence-electron chi connectivity index (χ0n) is 9.93. The van der Waals surface area contributed by atoms with Crippen molar-refractivity contribution in [3.05, 3.63) is 35.4 Å². The lowest BCUT2D eigenvalue weighted by atomic mass is 9.94. The quantitative estimate of drug-likeness (QED) is 0.580. The smallest absolute Gasteiger partial charge is 0.259 e. The van der Waals surface area contributed by atoms with Crippen LogP contribution in [-0.2, 0) is 0 Å². The number of hydrogen-bond acceptors (Lipinski definition) is 2. The number of fused-ring (bicyclic) bond motifs is 1. The van der Waals surface area contributed by atoms with E-state index in [0.29, 0.717) is 4.99 Å². The number of benzene rings is 1. The van der Waals surface area contributed by atoms with Crippen LogP contribution < -0.4 is 0 Å². The van der Waals surface area contributed by atoms with Gasteiger partial charge >= 0.3 is 0 Å². The number of hydrogen-bond donors (Lipinski definition) is 0. The fourth-order valence-corrected chi connectivity index (χ4v) is 3.66. The third-order valence-corrected chi connectivity index (χ3v) is 4.73. The normalized spacial score (nSPS) is 27.5. The van der Waals surface area contributed by atoms with E-state index >= 15 is 0 Å². The summed E-state index contributed by atoms with van der Waals surface area (Å²) in [5.41, 5.74) is 1.60. The lowest BCUT2D eigenvalue weighted by Gasteiger charge is -2.34. The van der Waals surface area contributed by atoms with E-state index in [0.717, 1.165) is 36.8 Å². The Morgan fingerprint density at radius 2 is 1.83 bits per heavy atom. The third-order valence-electron chi connectivity index (χ3n) is 3.80. The van der Waals surface area contributed by atoms with Gasteiger partial charge in [-0.2, -0.15) is 0 Å². The number of rotatable bonds is 1. The Labute approximate surface area is 117 Å². The SMILES string of the molecule is O=C1c2ccccc2C(=S)N1C1CCCCC1Cl. The molecular weight excluding hydrogens is 266 g/mol. The third kappa shape index (κ3) is 1.77. The molecule has 1 aromatic carbocycles. The Morgan fingerprint density at radius 1 is 1.17 bits per heavy atom. The number of halogens is 1. The second-order valence-electron chi connectivity index (χ2n) is 4.89. The van der Waals surface area contributed by atoms with Crippen LogP contribution in [0, 0.1) is 0 Å². The summed E-state index contributed by atoms with van der Waals surface area (Å²) < 4.78 is 0. The van der Waals surface area contributed by atoms with E-state index in [9.17, 15) is 4.79 Å². The molecular formula is C14H14ClNOS. The minimum absolute atomic E-state index is 0.0214. The van der Waals surface area contributed by atoms with Gasteiger partial charge in [-0.1, -0.05) is 43.3 Å². The van der Waals surface area contributed by atoms with Crippen molar-refractivity contribution in [3.63, 3.8) is 0 Å². The minimum atomic E-state index is 0.0214. The van der Waals surface area contributed by atoms with Gasteiger partial charge < -0.3 is 0 Å². The van der Waals surface area contributed by atoms with Crippen molar-refractivity contribution >= 4 is 34.7 Å². The molecule has 0 saturated heterocycles. The maximum absolute atomic E-state index is 12.4. The van der Waals surface area contributed by atoms with E-state index in [1.54, 1.807) is 4.90 Å². The molecule has 1 heterocycles. The van der Waals surface area contributed by atoms with E-state index in [1.807, 2.05) is 24.3 Å². The predicted octanol–water partition coefficient (Wildman–Crippen LogP) is 3.37. The molecule has 94 valence electrons. The Hall–Kier alpha value is -0.930. The second kappa shape index (κ2) is 4.63. The zero-order valence-corrected chi connectivity index (χ0v) is 11.5. The van der Waals surface area contributed by atoms with Crippen LogP contribution in [0.4, 0.5) is 0 Å². The van der Waals surface area contributed by atoms with Gasteiger partial charge in [0.1, 0.15) is 4.99 Å². The standard InChI is InChI=1S/C14H14ClNOS/c15-11-7-3-4-8-12(11)16-13(17)9-5-1-2-6-10(9)14(16)18/h1-2,5-6,11-12H,3-4,7-8H2. The molecule has 2 atom stereocenters. The van der Waals surface area contributed by atoms with E-state index in [-0.39, 0.29) is 17.3 Å². The highest BCUT2D eigenvalue weighted by molar-refractivity contribution is 7.80. The van der Waals surface area contributed by atoms with Gasteiger partial charge in [0.2, 0.25) is 0 Å². The van der Waals surface area contributed by atoms with Gasteiger partial charge in [0.25, 0.3) is 5.91 Å². The van der Waals surface area contributed by atoms with Crippen LogP contribution in [0.1, 0.15) is 41.6 Å². The molecule has 1 aliphatic heterocycles. The Morgan fingerprint density at radius 3 is 2.50 bits per heavy atom. The maximum atomic E-state index is 12.4. The van der Waals surface area contributed by atoms with Crippen LogP contribution in [0.3, 0.4) is 0 Å². The first-order valence-corrected chi connectivity index (χ1v) is 7.15. The summed E-state index contributed by atoms with van der Waals surface area (Å²) in [4.78, 5) is 14.8. The molecule has 1 saturated carbocycles. The Kier molecular flexibility index (Phi) is 3.12. The summed E-state index contributed by atoms with van der Waals surface area (Å²) >= 11 is 11.8. The highest BCUT2D eigenvalue weighted by atomic mass is 35.5. The summed E-state index contributed by atoms with van der Waals surface area (Å²) in [5, 5.41) is 0.0231. The fraction of sp³-hybridized carbons (Fsp3) is 0.429. The molecule has 1 aromatic rings. The highest BCUT2D eigenvalue weighted by Crippen LogP contribution is 2.33. The lowest BCUT2D eigenvalue weighted by Crippen LogP contribution is -2.46. The monoisotopic (exact) mass is 279 g/mol. The molecule has 18 heavy (non-hydrogen) atoms. The van der Waals surface area contributed by atoms with Crippen molar-refractivity contribution in [3.8, 4) is 0 Å². The lowest BCUT2D eigenvalue weighted by molar-refractivity contribution is 0.0798. The van der Waals surface area contributed by atoms with Gasteiger partial charge in [-0.15, -0.1) is 11.6 Å². The van der Waals surface area contributed by atoms with Gasteiger partial charge in [-0.25, -0.2) is 0 Å². The molecule has 0 bridgehead atoms. The van der Waals surface area contributed by atoms with Crippen LogP contribution in [0.5, 0.6) is 0 Å². The summed E-state index contributed by atoms with van der Waals surface area (Å²) in [6.07, 6.45) is 4.19. The maximum Gasteiger partial charge on any atom is 0.259 e. The van der Waals surface area contributed by atoms with Crippen molar-refractivity contribution in [2.75, 3.05) is 0 Å². The second-order valence-corrected chi connectivity index (χ2v) is 5.84. The highest BCUT2D eigenvalue weighted by Gasteiger charge is 2.40. The number of thiocarbonyl (C=S) groups is 1. The summed E-state index contributed by atoms with van der Waals surface area (Å²) in [7, 11) is 0. The van der Waals surface area contributed by atoms with Crippen LogP contribution in [0.2, 0.25) is 0 Å². The first-order valence-electron chi connectivity index (χ1n) is 6.31. The summed E-state index contributed by atoms with van der Waals surface area (Å²) in [6, 6.07) is 7.62. The van der Waals surface area contributed by atoms with Gasteiger partial charge in [-0.05, 0) is 18.9 Å². The van der Waals surface area contributed by atoms with Gasteiger partial charge in [0.15, 0.2) is 0 Å². The van der Waals surface area contributed by atoms with Gasteiger partial charge in [-0.3, -0.25) is 9.69 Å². The molecule has 2 nitrogen and oxygen atoms in total. The average molecular weight is 280 g/mol. The van der Waals surface area contributed by atoms with E-state index in [4.69, 9.17) is 23.8 Å². The molecule has 0 radical (unpaired) electrons. The zero-order chi connectivity index (χ0) is 12.7. The molecule has 1 aliphatic carbocycles. The summed E-state index contributed by atoms with van der Waals surface area (Å²) in [6.45, 7) is 0. The summed E-state index contributed by atoms with van der Waals surface area (Å²) in [5.74, 6) is 0.0214. The van der Waals surface area contributed by atoms with Crippen molar-refractivity contribution in [1.82, 2.24) is 4.90 Å². The van der Waals surface area contributed by atoms with Crippen molar-refractivity contribution in [2.24, 2.45) is 0 Å². The first kappa shape index (κ1) is 12.1.